The van der Waals surface area contributed by atoms with Gasteiger partial charge in [-0.25, -0.2) is 4.79 Å². The number of amides is 2. The predicted octanol–water partition coefficient (Wildman–Crippen LogP) is 2.01. The van der Waals surface area contributed by atoms with Crippen molar-refractivity contribution in [3.05, 3.63) is 47.9 Å². The van der Waals surface area contributed by atoms with E-state index in [1.807, 2.05) is 6.26 Å². The second-order valence-corrected chi connectivity index (χ2v) is 7.34. The first-order valence-electron chi connectivity index (χ1n) is 9.46. The van der Waals surface area contributed by atoms with Crippen LogP contribution in [0.5, 0.6) is 11.5 Å². The molecule has 1 heterocycles. The number of rotatable bonds is 12. The van der Waals surface area contributed by atoms with Crippen molar-refractivity contribution in [3.63, 3.8) is 0 Å². The summed E-state index contributed by atoms with van der Waals surface area (Å²) in [5.41, 5.74) is 0.792. The third-order valence-corrected chi connectivity index (χ3v) is 4.87. The Morgan fingerprint density at radius 3 is 2.55 bits per heavy atom. The molecule has 0 unspecified atom stereocenters. The van der Waals surface area contributed by atoms with Gasteiger partial charge >= 0.3 is 5.97 Å². The number of thioether (sulfide) groups is 1. The van der Waals surface area contributed by atoms with Crippen LogP contribution < -0.4 is 20.1 Å². The Bertz CT molecular complexity index is 871. The van der Waals surface area contributed by atoms with Crippen LogP contribution in [0.25, 0.3) is 0 Å². The molecule has 2 N–H and O–H groups in total. The fourth-order valence-electron chi connectivity index (χ4n) is 2.60. The summed E-state index contributed by atoms with van der Waals surface area (Å²) in [6, 6.07) is 7.45. The van der Waals surface area contributed by atoms with Crippen molar-refractivity contribution >= 4 is 29.5 Å². The Kier molecular flexibility index (Phi) is 9.76. The normalized spacial score (nSPS) is 11.3. The third-order valence-electron chi connectivity index (χ3n) is 4.23. The molecule has 2 aromatic rings. The molecule has 10 heteroatoms. The van der Waals surface area contributed by atoms with Crippen molar-refractivity contribution < 1.29 is 33.0 Å². The van der Waals surface area contributed by atoms with E-state index in [9.17, 15) is 14.4 Å². The quantitative estimate of drug-likeness (QED) is 0.472. The number of furan rings is 1. The fourth-order valence-corrected chi connectivity index (χ4v) is 3.07. The molecule has 1 aromatic heterocycles. The zero-order valence-electron chi connectivity index (χ0n) is 17.6. The number of benzene rings is 1. The summed E-state index contributed by atoms with van der Waals surface area (Å²) in [6.45, 7) is -0.236. The topological polar surface area (TPSA) is 116 Å². The summed E-state index contributed by atoms with van der Waals surface area (Å²) in [7, 11) is 3.06. The van der Waals surface area contributed by atoms with Gasteiger partial charge in [0.15, 0.2) is 23.9 Å². The van der Waals surface area contributed by atoms with Gasteiger partial charge in [-0.15, -0.1) is 0 Å². The van der Waals surface area contributed by atoms with Crippen LogP contribution in [0.3, 0.4) is 0 Å². The minimum atomic E-state index is -0.885. The van der Waals surface area contributed by atoms with E-state index < -0.39 is 30.4 Å². The zero-order valence-corrected chi connectivity index (χ0v) is 18.5. The minimum Gasteiger partial charge on any atom is -0.493 e. The highest BCUT2D eigenvalue weighted by Gasteiger charge is 2.24. The molecular formula is C21H26N2O7S. The van der Waals surface area contributed by atoms with Gasteiger partial charge in [0.05, 0.1) is 20.5 Å². The van der Waals surface area contributed by atoms with Crippen LogP contribution in [0.4, 0.5) is 0 Å². The van der Waals surface area contributed by atoms with Gasteiger partial charge < -0.3 is 29.3 Å². The van der Waals surface area contributed by atoms with Crippen molar-refractivity contribution in [1.82, 2.24) is 10.6 Å². The van der Waals surface area contributed by atoms with Crippen LogP contribution in [0.1, 0.15) is 22.5 Å². The van der Waals surface area contributed by atoms with E-state index in [-0.39, 0.29) is 12.3 Å². The SMILES string of the molecule is COc1ccc(CNC(=O)COC(=O)[C@@H](CCSC)NC(=O)c2ccco2)cc1OC. The average Bonchev–Trinajstić information content (AvgIpc) is 3.33. The second kappa shape index (κ2) is 12.5. The van der Waals surface area contributed by atoms with Gasteiger partial charge in [0.1, 0.15) is 6.04 Å². The minimum absolute atomic E-state index is 0.0922. The van der Waals surface area contributed by atoms with Gasteiger partial charge in [-0.3, -0.25) is 9.59 Å². The van der Waals surface area contributed by atoms with Gasteiger partial charge in [-0.05, 0) is 48.3 Å². The number of esters is 1. The molecule has 0 aliphatic rings. The monoisotopic (exact) mass is 450 g/mol. The second-order valence-electron chi connectivity index (χ2n) is 6.36. The Labute approximate surface area is 184 Å². The third kappa shape index (κ3) is 7.56. The lowest BCUT2D eigenvalue weighted by Gasteiger charge is -2.16. The van der Waals surface area contributed by atoms with Gasteiger partial charge in [-0.1, -0.05) is 6.07 Å². The number of ether oxygens (including phenoxy) is 3. The lowest BCUT2D eigenvalue weighted by molar-refractivity contribution is -0.150. The van der Waals surface area contributed by atoms with Crippen LogP contribution in [-0.2, 0) is 20.9 Å². The van der Waals surface area contributed by atoms with Crippen molar-refractivity contribution in [2.24, 2.45) is 0 Å². The molecule has 0 bridgehead atoms. The van der Waals surface area contributed by atoms with E-state index in [1.54, 1.807) is 24.3 Å². The van der Waals surface area contributed by atoms with Crippen LogP contribution in [0.2, 0.25) is 0 Å². The fraction of sp³-hybridized carbons (Fsp3) is 0.381. The Morgan fingerprint density at radius 1 is 1.13 bits per heavy atom. The van der Waals surface area contributed by atoms with Gasteiger partial charge in [0.2, 0.25) is 0 Å². The highest BCUT2D eigenvalue weighted by atomic mass is 32.2. The molecule has 0 fully saturated rings. The van der Waals surface area contributed by atoms with E-state index in [0.717, 1.165) is 5.56 Å². The molecule has 2 rings (SSSR count). The largest absolute Gasteiger partial charge is 0.493 e. The maximum Gasteiger partial charge on any atom is 0.329 e. The molecule has 0 radical (unpaired) electrons. The molecule has 31 heavy (non-hydrogen) atoms. The average molecular weight is 451 g/mol. The molecule has 1 atom stereocenters. The van der Waals surface area contributed by atoms with Gasteiger partial charge in [0.25, 0.3) is 11.8 Å². The molecule has 9 nitrogen and oxygen atoms in total. The number of nitrogens with one attached hydrogen (secondary N) is 2. The number of hydrogen-bond donors (Lipinski definition) is 2. The molecular weight excluding hydrogens is 424 g/mol. The maximum absolute atomic E-state index is 12.4. The first-order chi connectivity index (χ1) is 15.0. The van der Waals surface area contributed by atoms with E-state index in [2.05, 4.69) is 10.6 Å². The van der Waals surface area contributed by atoms with Crippen molar-refractivity contribution in [2.75, 3.05) is 32.8 Å². The smallest absolute Gasteiger partial charge is 0.329 e. The van der Waals surface area contributed by atoms with E-state index in [0.29, 0.717) is 23.7 Å². The van der Waals surface area contributed by atoms with Crippen LogP contribution in [0.15, 0.2) is 41.0 Å². The van der Waals surface area contributed by atoms with E-state index >= 15 is 0 Å². The summed E-state index contributed by atoms with van der Waals surface area (Å²) in [5, 5.41) is 5.25. The van der Waals surface area contributed by atoms with Crippen molar-refractivity contribution in [2.45, 2.75) is 19.0 Å². The van der Waals surface area contributed by atoms with E-state index in [1.165, 1.54) is 38.3 Å². The lowest BCUT2D eigenvalue weighted by atomic mass is 10.2. The molecule has 2 amide bonds. The molecule has 0 aliphatic carbocycles. The molecule has 0 spiro atoms. The molecule has 0 aliphatic heterocycles. The number of carbonyl (C=O) groups excluding carboxylic acids is 3. The van der Waals surface area contributed by atoms with Crippen molar-refractivity contribution in [3.8, 4) is 11.5 Å². The standard InChI is InChI=1S/C21H26N2O7S/c1-27-16-7-6-14(11-18(16)28-2)12-22-19(24)13-30-21(26)15(8-10-31-3)23-20(25)17-5-4-9-29-17/h4-7,9,11,15H,8,10,12-13H2,1-3H3,(H,22,24)(H,23,25)/t15-/m1/s1. The predicted molar refractivity (Wildman–Crippen MR) is 115 cm³/mol. The summed E-state index contributed by atoms with van der Waals surface area (Å²) in [6.07, 6.45) is 3.62. The summed E-state index contributed by atoms with van der Waals surface area (Å²) < 4.78 is 20.5. The molecule has 0 saturated carbocycles. The highest BCUT2D eigenvalue weighted by Crippen LogP contribution is 2.27. The number of hydrogen-bond acceptors (Lipinski definition) is 8. The van der Waals surface area contributed by atoms with Crippen LogP contribution in [0, 0.1) is 0 Å². The van der Waals surface area contributed by atoms with Crippen molar-refractivity contribution in [1.29, 1.82) is 0 Å². The highest BCUT2D eigenvalue weighted by molar-refractivity contribution is 7.98. The van der Waals surface area contributed by atoms with Crippen LogP contribution in [-0.4, -0.2) is 56.7 Å². The summed E-state index contributed by atoms with van der Waals surface area (Å²) in [4.78, 5) is 36.7. The first kappa shape index (κ1) is 24.1. The molecule has 168 valence electrons. The number of methoxy groups -OCH3 is 2. The first-order valence-corrected chi connectivity index (χ1v) is 10.9. The Hall–Kier alpha value is -3.14. The van der Waals surface area contributed by atoms with E-state index in [4.69, 9.17) is 18.6 Å². The summed E-state index contributed by atoms with van der Waals surface area (Å²) in [5.74, 6) is 0.174. The van der Waals surface area contributed by atoms with Gasteiger partial charge in [-0.2, -0.15) is 11.8 Å². The maximum atomic E-state index is 12.4. The summed E-state index contributed by atoms with van der Waals surface area (Å²) >= 11 is 1.53. The lowest BCUT2D eigenvalue weighted by Crippen LogP contribution is -2.43. The molecule has 1 aromatic carbocycles. The zero-order chi connectivity index (χ0) is 22.6. The van der Waals surface area contributed by atoms with Gasteiger partial charge in [0, 0.05) is 6.54 Å². The Morgan fingerprint density at radius 2 is 1.90 bits per heavy atom. The number of carbonyl (C=O) groups is 3. The van der Waals surface area contributed by atoms with Crippen LogP contribution >= 0.6 is 11.8 Å². The Balaban J connectivity index is 1.85. The molecule has 0 saturated heterocycles.